The van der Waals surface area contributed by atoms with E-state index in [9.17, 15) is 5.21 Å². The zero-order chi connectivity index (χ0) is 7.56. The van der Waals surface area contributed by atoms with Gasteiger partial charge in [0.25, 0.3) is 0 Å². The van der Waals surface area contributed by atoms with Crippen LogP contribution in [0, 0.1) is 5.21 Å². The third-order valence-corrected chi connectivity index (χ3v) is 1.26. The molecule has 0 radical (unpaired) electrons. The van der Waals surface area contributed by atoms with Gasteiger partial charge in [-0.2, -0.15) is 4.73 Å². The van der Waals surface area contributed by atoms with Crippen LogP contribution in [0.1, 0.15) is 12.6 Å². The van der Waals surface area contributed by atoms with Crippen molar-refractivity contribution in [1.29, 1.82) is 0 Å². The van der Waals surface area contributed by atoms with Crippen LogP contribution in [-0.2, 0) is 6.42 Å². The van der Waals surface area contributed by atoms with Crippen molar-refractivity contribution in [3.05, 3.63) is 23.2 Å². The first-order valence-electron chi connectivity index (χ1n) is 3.02. The van der Waals surface area contributed by atoms with E-state index in [1.165, 1.54) is 6.20 Å². The quantitative estimate of drug-likeness (QED) is 0.498. The lowest BCUT2D eigenvalue weighted by Gasteiger charge is -2.04. The normalized spacial score (nSPS) is 8.82. The molecule has 4 nitrogen and oxygen atoms in total. The Kier molecular flexibility index (Phi) is 3.60. The number of nitrogens with zero attached hydrogens (tertiary/aromatic N) is 2. The predicted molar refractivity (Wildman–Crippen MR) is 41.5 cm³/mol. The second-order valence-corrected chi connectivity index (χ2v) is 1.88. The van der Waals surface area contributed by atoms with Crippen molar-refractivity contribution in [3.8, 4) is 6.01 Å². The minimum Gasteiger partial charge on any atom is -0.708 e. The molecular weight excluding hydrogens is 168 g/mol. The topological polar surface area (TPSA) is 60.1 Å². The summed E-state index contributed by atoms with van der Waals surface area (Å²) < 4.78 is 0.417. The molecule has 0 bridgehead atoms. The van der Waals surface area contributed by atoms with E-state index in [4.69, 9.17) is 5.11 Å². The highest BCUT2D eigenvalue weighted by Gasteiger charge is 2.05. The lowest BCUT2D eigenvalue weighted by Crippen LogP contribution is -2.32. The van der Waals surface area contributed by atoms with E-state index in [0.717, 1.165) is 0 Å². The van der Waals surface area contributed by atoms with Gasteiger partial charge in [0.2, 0.25) is 0 Å². The predicted octanol–water partition coefficient (Wildman–Crippen LogP) is 0.405. The number of hydrogen-bond acceptors (Lipinski definition) is 3. The second-order valence-electron chi connectivity index (χ2n) is 1.88. The summed E-state index contributed by atoms with van der Waals surface area (Å²) in [5, 5.41) is 19.6. The molecule has 0 unspecified atom stereocenters. The molecule has 5 heteroatoms. The lowest BCUT2D eigenvalue weighted by atomic mass is 10.3. The van der Waals surface area contributed by atoms with Crippen molar-refractivity contribution >= 4 is 12.4 Å². The fourth-order valence-electron chi connectivity index (χ4n) is 0.700. The maximum atomic E-state index is 10.8. The number of aromatic hydroxyl groups is 1. The zero-order valence-electron chi connectivity index (χ0n) is 6.02. The van der Waals surface area contributed by atoms with E-state index < -0.39 is 6.01 Å². The molecule has 0 atom stereocenters. The van der Waals surface area contributed by atoms with E-state index in [0.29, 0.717) is 16.8 Å². The van der Waals surface area contributed by atoms with Crippen LogP contribution in [0.25, 0.3) is 0 Å². The number of halogens is 1. The average molecular weight is 177 g/mol. The van der Waals surface area contributed by atoms with Crippen LogP contribution < -0.4 is 4.73 Å². The fraction of sp³-hybridized carbons (Fsp3) is 0.333. The number of aryl methyl sites for hydroxylation is 1. The summed E-state index contributed by atoms with van der Waals surface area (Å²) in [6.45, 7) is 1.84. The number of hydrogen-bond donors (Lipinski definition) is 1. The summed E-state index contributed by atoms with van der Waals surface area (Å²) in [5.41, 5.74) is 0.521. The van der Waals surface area contributed by atoms with Gasteiger partial charge in [0, 0.05) is 12.5 Å². The Morgan fingerprint density at radius 2 is 2.36 bits per heavy atom. The molecule has 0 aliphatic rings. The van der Waals surface area contributed by atoms with Crippen LogP contribution in [0.3, 0.4) is 0 Å². The van der Waals surface area contributed by atoms with Crippen molar-refractivity contribution < 1.29 is 9.84 Å². The number of aromatic nitrogens is 2. The Morgan fingerprint density at radius 1 is 1.73 bits per heavy atom. The maximum Gasteiger partial charge on any atom is 0.499 e. The molecule has 1 N–H and O–H groups in total. The smallest absolute Gasteiger partial charge is 0.499 e. The summed E-state index contributed by atoms with van der Waals surface area (Å²) >= 11 is 0. The van der Waals surface area contributed by atoms with Crippen molar-refractivity contribution in [1.82, 2.24) is 4.98 Å². The van der Waals surface area contributed by atoms with E-state index in [2.05, 4.69) is 4.98 Å². The average Bonchev–Trinajstić information content (AvgIpc) is 1.95. The van der Waals surface area contributed by atoms with Gasteiger partial charge in [-0.05, 0) is 4.98 Å². The molecule has 11 heavy (non-hydrogen) atoms. The Bertz CT molecular complexity index is 242. The van der Waals surface area contributed by atoms with E-state index in [1.54, 1.807) is 6.07 Å². The second kappa shape index (κ2) is 3.98. The van der Waals surface area contributed by atoms with Crippen LogP contribution in [0.4, 0.5) is 0 Å². The third kappa shape index (κ3) is 1.94. The molecule has 0 saturated carbocycles. The molecule has 0 aliphatic heterocycles. The van der Waals surface area contributed by atoms with Gasteiger partial charge in [-0.1, -0.05) is 6.92 Å². The SMILES string of the molecule is CCc1ccnc(O)[n+]1[O-].Cl. The highest BCUT2D eigenvalue weighted by atomic mass is 35.5. The van der Waals surface area contributed by atoms with Gasteiger partial charge in [0.1, 0.15) is 11.9 Å². The van der Waals surface area contributed by atoms with Crippen molar-refractivity contribution in [2.24, 2.45) is 0 Å². The Hall–Kier alpha value is -1.03. The molecule has 1 heterocycles. The standard InChI is InChI=1S/C6H8N2O2.ClH/c1-2-5-3-4-7-6(9)8(5)10;/h3-4H,2H2,1H3,(H,7,9);1H. The molecule has 0 spiro atoms. The van der Waals surface area contributed by atoms with Crippen LogP contribution in [0.5, 0.6) is 6.01 Å². The summed E-state index contributed by atoms with van der Waals surface area (Å²) in [5.74, 6) is 0. The number of rotatable bonds is 1. The summed E-state index contributed by atoms with van der Waals surface area (Å²) in [6, 6.07) is 1.09. The fourth-order valence-corrected chi connectivity index (χ4v) is 0.700. The van der Waals surface area contributed by atoms with Gasteiger partial charge in [-0.15, -0.1) is 12.4 Å². The highest BCUT2D eigenvalue weighted by Crippen LogP contribution is 1.96. The molecule has 1 aromatic rings. The molecule has 0 amide bonds. The van der Waals surface area contributed by atoms with E-state index in [-0.39, 0.29) is 12.4 Å². The minimum atomic E-state index is -0.487. The Morgan fingerprint density at radius 3 is 2.82 bits per heavy atom. The van der Waals surface area contributed by atoms with Gasteiger partial charge in [-0.3, -0.25) is 0 Å². The van der Waals surface area contributed by atoms with Gasteiger partial charge >= 0.3 is 6.01 Å². The van der Waals surface area contributed by atoms with Gasteiger partial charge in [-0.25, -0.2) is 0 Å². The van der Waals surface area contributed by atoms with Crippen molar-refractivity contribution in [3.63, 3.8) is 0 Å². The molecular formula is C6H9ClN2O2. The van der Waals surface area contributed by atoms with Gasteiger partial charge < -0.3 is 10.3 Å². The summed E-state index contributed by atoms with van der Waals surface area (Å²) in [4.78, 5) is 3.39. The van der Waals surface area contributed by atoms with Crippen LogP contribution in [0.15, 0.2) is 12.3 Å². The largest absolute Gasteiger partial charge is 0.708 e. The van der Waals surface area contributed by atoms with Crippen LogP contribution in [0.2, 0.25) is 0 Å². The third-order valence-electron chi connectivity index (χ3n) is 1.26. The molecule has 62 valence electrons. The van der Waals surface area contributed by atoms with Crippen LogP contribution in [-0.4, -0.2) is 10.1 Å². The zero-order valence-corrected chi connectivity index (χ0v) is 6.84. The molecule has 1 rings (SSSR count). The minimum absolute atomic E-state index is 0. The first-order valence-corrected chi connectivity index (χ1v) is 3.02. The van der Waals surface area contributed by atoms with Gasteiger partial charge in [0.15, 0.2) is 0 Å². The lowest BCUT2D eigenvalue weighted by molar-refractivity contribution is -0.625. The monoisotopic (exact) mass is 176 g/mol. The maximum absolute atomic E-state index is 10.8. The van der Waals surface area contributed by atoms with E-state index >= 15 is 0 Å². The first kappa shape index (κ1) is 9.97. The van der Waals surface area contributed by atoms with Crippen LogP contribution >= 0.6 is 12.4 Å². The van der Waals surface area contributed by atoms with E-state index in [1.807, 2.05) is 6.92 Å². The van der Waals surface area contributed by atoms with Gasteiger partial charge in [0.05, 0.1) is 0 Å². The Labute approximate surface area is 70.5 Å². The summed E-state index contributed by atoms with van der Waals surface area (Å²) in [7, 11) is 0. The first-order chi connectivity index (χ1) is 4.75. The molecule has 0 aromatic carbocycles. The van der Waals surface area contributed by atoms with Crippen molar-refractivity contribution in [2.45, 2.75) is 13.3 Å². The molecule has 0 aliphatic carbocycles. The van der Waals surface area contributed by atoms with Crippen molar-refractivity contribution in [2.75, 3.05) is 0 Å². The highest BCUT2D eigenvalue weighted by molar-refractivity contribution is 5.85. The Balaban J connectivity index is 0.000001000. The molecule has 0 fully saturated rings. The molecule has 0 saturated heterocycles. The summed E-state index contributed by atoms with van der Waals surface area (Å²) in [6.07, 6.45) is 2.00. The molecule has 1 aromatic heterocycles.